The number of sulfonamides is 1. The monoisotopic (exact) mass is 418 g/mol. The molecule has 0 atom stereocenters. The van der Waals surface area contributed by atoms with Gasteiger partial charge < -0.3 is 4.74 Å². The molecule has 2 aromatic carbocycles. The third-order valence-corrected chi connectivity index (χ3v) is 6.77. The van der Waals surface area contributed by atoms with Crippen LogP contribution in [0.2, 0.25) is 0 Å². The van der Waals surface area contributed by atoms with Gasteiger partial charge in [0, 0.05) is 25.2 Å². The number of esters is 1. The number of nitro groups is 1. The van der Waals surface area contributed by atoms with Gasteiger partial charge in [-0.15, -0.1) is 0 Å². The number of non-ortho nitro benzene ring substituents is 1. The Kier molecular flexibility index (Phi) is 6.29. The zero-order chi connectivity index (χ0) is 21.0. The van der Waals surface area contributed by atoms with Crippen LogP contribution in [0.4, 0.5) is 5.69 Å². The summed E-state index contributed by atoms with van der Waals surface area (Å²) in [6, 6.07) is 10.2. The lowest BCUT2D eigenvalue weighted by Gasteiger charge is -2.26. The molecule has 154 valence electrons. The number of carbonyl (C=O) groups excluding carboxylic acids is 1. The van der Waals surface area contributed by atoms with E-state index in [2.05, 4.69) is 0 Å². The van der Waals surface area contributed by atoms with Gasteiger partial charge in [-0.2, -0.15) is 4.31 Å². The molecule has 0 saturated carbocycles. The van der Waals surface area contributed by atoms with Gasteiger partial charge in [-0.25, -0.2) is 13.2 Å². The second-order valence-electron chi connectivity index (χ2n) is 6.94. The van der Waals surface area contributed by atoms with E-state index >= 15 is 0 Å². The van der Waals surface area contributed by atoms with Crippen molar-refractivity contribution >= 4 is 21.7 Å². The molecule has 1 saturated heterocycles. The SMILES string of the molecule is Cc1ccc(S(=O)(=O)N2CCCCC2)cc1C(=O)OCc1cccc([N+](=O)[O-])c1. The fraction of sp³-hybridized carbons (Fsp3) is 0.350. The average molecular weight is 418 g/mol. The first-order valence-electron chi connectivity index (χ1n) is 9.30. The van der Waals surface area contributed by atoms with Crippen molar-refractivity contribution in [1.29, 1.82) is 0 Å². The zero-order valence-corrected chi connectivity index (χ0v) is 16.9. The van der Waals surface area contributed by atoms with Crippen LogP contribution in [0.5, 0.6) is 0 Å². The van der Waals surface area contributed by atoms with Crippen LogP contribution >= 0.6 is 0 Å². The van der Waals surface area contributed by atoms with E-state index in [1.54, 1.807) is 19.1 Å². The Labute approximate surface area is 169 Å². The maximum atomic E-state index is 12.9. The Bertz CT molecular complexity index is 1030. The normalized spacial score (nSPS) is 15.1. The van der Waals surface area contributed by atoms with Crippen molar-refractivity contribution in [2.75, 3.05) is 13.1 Å². The Balaban J connectivity index is 1.78. The minimum atomic E-state index is -3.67. The quantitative estimate of drug-likeness (QED) is 0.404. The van der Waals surface area contributed by atoms with Crippen LogP contribution in [0.15, 0.2) is 47.4 Å². The van der Waals surface area contributed by atoms with Crippen molar-refractivity contribution < 1.29 is 22.9 Å². The van der Waals surface area contributed by atoms with Crippen LogP contribution < -0.4 is 0 Å². The second kappa shape index (κ2) is 8.71. The predicted molar refractivity (Wildman–Crippen MR) is 106 cm³/mol. The van der Waals surface area contributed by atoms with Crippen LogP contribution in [-0.4, -0.2) is 36.7 Å². The molecule has 0 N–H and O–H groups in total. The number of piperidine rings is 1. The Morgan fingerprint density at radius 3 is 2.55 bits per heavy atom. The van der Waals surface area contributed by atoms with Gasteiger partial charge >= 0.3 is 5.97 Å². The number of ether oxygens (including phenoxy) is 1. The number of rotatable bonds is 6. The maximum absolute atomic E-state index is 12.9. The summed E-state index contributed by atoms with van der Waals surface area (Å²) in [5.41, 5.74) is 1.13. The lowest BCUT2D eigenvalue weighted by atomic mass is 10.1. The molecule has 0 amide bonds. The van der Waals surface area contributed by atoms with Gasteiger partial charge in [-0.3, -0.25) is 10.1 Å². The number of hydrogen-bond donors (Lipinski definition) is 0. The third-order valence-electron chi connectivity index (χ3n) is 4.87. The van der Waals surface area contributed by atoms with Crippen molar-refractivity contribution in [3.63, 3.8) is 0 Å². The van der Waals surface area contributed by atoms with Crippen molar-refractivity contribution in [2.24, 2.45) is 0 Å². The molecular formula is C20H22N2O6S. The summed E-state index contributed by atoms with van der Waals surface area (Å²) in [7, 11) is -3.67. The van der Waals surface area contributed by atoms with Gasteiger partial charge in [0.1, 0.15) is 6.61 Å². The van der Waals surface area contributed by atoms with Crippen LogP contribution in [-0.2, 0) is 21.4 Å². The lowest BCUT2D eigenvalue weighted by molar-refractivity contribution is -0.384. The van der Waals surface area contributed by atoms with Crippen molar-refractivity contribution in [1.82, 2.24) is 4.31 Å². The number of nitro benzene ring substituents is 1. The molecule has 0 radical (unpaired) electrons. The maximum Gasteiger partial charge on any atom is 0.338 e. The highest BCUT2D eigenvalue weighted by Crippen LogP contribution is 2.23. The summed E-state index contributed by atoms with van der Waals surface area (Å²) in [6.07, 6.45) is 2.65. The first-order chi connectivity index (χ1) is 13.8. The highest BCUT2D eigenvalue weighted by atomic mass is 32.2. The molecule has 9 heteroatoms. The average Bonchev–Trinajstić information content (AvgIpc) is 2.73. The van der Waals surface area contributed by atoms with Gasteiger partial charge in [0.25, 0.3) is 5.69 Å². The van der Waals surface area contributed by atoms with E-state index in [4.69, 9.17) is 4.74 Å². The molecule has 1 heterocycles. The molecule has 0 aliphatic carbocycles. The van der Waals surface area contributed by atoms with Crippen molar-refractivity contribution in [2.45, 2.75) is 37.7 Å². The van der Waals surface area contributed by atoms with Crippen LogP contribution in [0, 0.1) is 17.0 Å². The standard InChI is InChI=1S/C20H22N2O6S/c1-15-8-9-18(29(26,27)21-10-3-2-4-11-21)13-19(15)20(23)28-14-16-6-5-7-17(12-16)22(24)25/h5-9,12-13H,2-4,10-11,14H2,1H3. The van der Waals surface area contributed by atoms with Crippen LogP contribution in [0.1, 0.15) is 40.7 Å². The number of benzene rings is 2. The van der Waals surface area contributed by atoms with E-state index in [1.165, 1.54) is 34.6 Å². The van der Waals surface area contributed by atoms with E-state index in [1.807, 2.05) is 0 Å². The smallest absolute Gasteiger partial charge is 0.338 e. The lowest BCUT2D eigenvalue weighted by Crippen LogP contribution is -2.35. The summed E-state index contributed by atoms with van der Waals surface area (Å²) < 4.78 is 32.4. The molecule has 8 nitrogen and oxygen atoms in total. The Hall–Kier alpha value is -2.78. The van der Waals surface area contributed by atoms with E-state index in [0.717, 1.165) is 19.3 Å². The summed E-state index contributed by atoms with van der Waals surface area (Å²) in [6.45, 7) is 2.50. The minimum absolute atomic E-state index is 0.0623. The molecule has 1 fully saturated rings. The zero-order valence-electron chi connectivity index (χ0n) is 16.0. The van der Waals surface area contributed by atoms with Crippen LogP contribution in [0.3, 0.4) is 0 Å². The van der Waals surface area contributed by atoms with Gasteiger partial charge in [-0.05, 0) is 43.0 Å². The largest absolute Gasteiger partial charge is 0.457 e. The molecule has 0 unspecified atom stereocenters. The molecule has 0 aromatic heterocycles. The summed E-state index contributed by atoms with van der Waals surface area (Å²) in [5.74, 6) is -0.676. The van der Waals surface area contributed by atoms with E-state index in [9.17, 15) is 23.3 Å². The number of carbonyl (C=O) groups is 1. The van der Waals surface area contributed by atoms with Crippen LogP contribution in [0.25, 0.3) is 0 Å². The second-order valence-corrected chi connectivity index (χ2v) is 8.88. The van der Waals surface area contributed by atoms with E-state index in [-0.39, 0.29) is 22.8 Å². The molecule has 1 aliphatic heterocycles. The number of nitrogens with zero attached hydrogens (tertiary/aromatic N) is 2. The molecule has 3 rings (SSSR count). The predicted octanol–water partition coefficient (Wildman–Crippen LogP) is 3.43. The van der Waals surface area contributed by atoms with E-state index in [0.29, 0.717) is 24.2 Å². The summed E-state index contributed by atoms with van der Waals surface area (Å²) in [5, 5.41) is 10.9. The topological polar surface area (TPSA) is 107 Å². The molecule has 2 aromatic rings. The Morgan fingerprint density at radius 2 is 1.86 bits per heavy atom. The van der Waals surface area contributed by atoms with Crippen molar-refractivity contribution in [3.05, 3.63) is 69.3 Å². The summed E-state index contributed by atoms with van der Waals surface area (Å²) >= 11 is 0. The summed E-state index contributed by atoms with van der Waals surface area (Å²) in [4.78, 5) is 22.9. The molecule has 0 bridgehead atoms. The number of hydrogen-bond acceptors (Lipinski definition) is 6. The first-order valence-corrected chi connectivity index (χ1v) is 10.7. The highest BCUT2D eigenvalue weighted by Gasteiger charge is 2.27. The van der Waals surface area contributed by atoms with Gasteiger partial charge in [0.05, 0.1) is 15.4 Å². The fourth-order valence-electron chi connectivity index (χ4n) is 3.22. The molecular weight excluding hydrogens is 396 g/mol. The molecule has 29 heavy (non-hydrogen) atoms. The first kappa shape index (κ1) is 20.9. The highest BCUT2D eigenvalue weighted by molar-refractivity contribution is 7.89. The van der Waals surface area contributed by atoms with E-state index < -0.39 is 20.9 Å². The van der Waals surface area contributed by atoms with Gasteiger partial charge in [-0.1, -0.05) is 24.6 Å². The Morgan fingerprint density at radius 1 is 1.14 bits per heavy atom. The minimum Gasteiger partial charge on any atom is -0.457 e. The third kappa shape index (κ3) is 4.80. The fourth-order valence-corrected chi connectivity index (χ4v) is 4.77. The molecule has 0 spiro atoms. The number of aryl methyl sites for hydroxylation is 1. The van der Waals surface area contributed by atoms with Gasteiger partial charge in [0.2, 0.25) is 10.0 Å². The van der Waals surface area contributed by atoms with Crippen molar-refractivity contribution in [3.8, 4) is 0 Å². The van der Waals surface area contributed by atoms with Gasteiger partial charge in [0.15, 0.2) is 0 Å². The molecule has 1 aliphatic rings.